The van der Waals surface area contributed by atoms with Crippen molar-refractivity contribution in [1.29, 1.82) is 0 Å². The van der Waals surface area contributed by atoms with Crippen LogP contribution in [0.25, 0.3) is 0 Å². The number of aryl methyl sites for hydroxylation is 1. The third-order valence-electron chi connectivity index (χ3n) is 2.34. The molecule has 0 aromatic carbocycles. The molecule has 0 amide bonds. The molecule has 0 radical (unpaired) electrons. The van der Waals surface area contributed by atoms with Gasteiger partial charge in [0.2, 0.25) is 0 Å². The molecule has 5 nitrogen and oxygen atoms in total. The molecule has 0 saturated carbocycles. The molecule has 1 fully saturated rings. The summed E-state index contributed by atoms with van der Waals surface area (Å²) in [5.41, 5.74) is 0.702. The standard InChI is InChI=1S/C8H12N2O3S/c1-6-8(10-5-13-6)7-4-14(11,12)3-2-9-7/h5,7,9H,2-4H2,1H3. The monoisotopic (exact) mass is 216 g/mol. The highest BCUT2D eigenvalue weighted by atomic mass is 32.2. The Balaban J connectivity index is 2.24. The lowest BCUT2D eigenvalue weighted by atomic mass is 10.2. The van der Waals surface area contributed by atoms with Crippen molar-refractivity contribution in [2.24, 2.45) is 0 Å². The third-order valence-corrected chi connectivity index (χ3v) is 4.00. The van der Waals surface area contributed by atoms with Gasteiger partial charge in [0.05, 0.1) is 23.2 Å². The Morgan fingerprint density at radius 1 is 1.64 bits per heavy atom. The Hall–Kier alpha value is -0.880. The van der Waals surface area contributed by atoms with Crippen molar-refractivity contribution in [1.82, 2.24) is 10.3 Å². The molecule has 2 heterocycles. The smallest absolute Gasteiger partial charge is 0.181 e. The molecule has 1 aliphatic rings. The maximum Gasteiger partial charge on any atom is 0.181 e. The van der Waals surface area contributed by atoms with Crippen LogP contribution in [0.5, 0.6) is 0 Å². The molecule has 1 aliphatic heterocycles. The van der Waals surface area contributed by atoms with Crippen LogP contribution in [0.15, 0.2) is 10.8 Å². The Morgan fingerprint density at radius 2 is 2.43 bits per heavy atom. The second-order valence-electron chi connectivity index (χ2n) is 3.41. The van der Waals surface area contributed by atoms with Crippen LogP contribution in [0.3, 0.4) is 0 Å². The molecule has 78 valence electrons. The summed E-state index contributed by atoms with van der Waals surface area (Å²) in [6.07, 6.45) is 1.34. The summed E-state index contributed by atoms with van der Waals surface area (Å²) in [5.74, 6) is 1.00. The van der Waals surface area contributed by atoms with Gasteiger partial charge in [0, 0.05) is 6.54 Å². The number of oxazole rings is 1. The van der Waals surface area contributed by atoms with E-state index in [1.807, 2.05) is 0 Å². The highest BCUT2D eigenvalue weighted by Crippen LogP contribution is 2.19. The van der Waals surface area contributed by atoms with E-state index in [0.29, 0.717) is 18.0 Å². The molecular weight excluding hydrogens is 204 g/mol. The Morgan fingerprint density at radius 3 is 3.00 bits per heavy atom. The summed E-state index contributed by atoms with van der Waals surface area (Å²) in [4.78, 5) is 4.01. The molecule has 1 saturated heterocycles. The minimum absolute atomic E-state index is 0.111. The van der Waals surface area contributed by atoms with Gasteiger partial charge in [-0.25, -0.2) is 13.4 Å². The zero-order valence-corrected chi connectivity index (χ0v) is 8.67. The van der Waals surface area contributed by atoms with E-state index >= 15 is 0 Å². The van der Waals surface area contributed by atoms with Gasteiger partial charge in [-0.3, -0.25) is 0 Å². The van der Waals surface area contributed by atoms with Gasteiger partial charge in [0.25, 0.3) is 0 Å². The summed E-state index contributed by atoms with van der Waals surface area (Å²) in [6, 6.07) is -0.215. The van der Waals surface area contributed by atoms with Crippen LogP contribution >= 0.6 is 0 Å². The Labute approximate surface area is 82.4 Å². The average Bonchev–Trinajstić information content (AvgIpc) is 2.49. The van der Waals surface area contributed by atoms with Crippen LogP contribution in [-0.2, 0) is 9.84 Å². The SMILES string of the molecule is Cc1ocnc1C1CS(=O)(=O)CCN1. The molecular formula is C8H12N2O3S. The van der Waals surface area contributed by atoms with Crippen LogP contribution in [0.4, 0.5) is 0 Å². The van der Waals surface area contributed by atoms with Gasteiger partial charge in [0.1, 0.15) is 5.76 Å². The third kappa shape index (κ3) is 1.80. The summed E-state index contributed by atoms with van der Waals surface area (Å²) >= 11 is 0. The van der Waals surface area contributed by atoms with E-state index in [-0.39, 0.29) is 17.5 Å². The maximum atomic E-state index is 11.4. The van der Waals surface area contributed by atoms with Crippen LogP contribution in [0, 0.1) is 6.92 Å². The molecule has 1 unspecified atom stereocenters. The lowest BCUT2D eigenvalue weighted by molar-refractivity contribution is 0.502. The van der Waals surface area contributed by atoms with Crippen LogP contribution in [0.1, 0.15) is 17.5 Å². The van der Waals surface area contributed by atoms with Gasteiger partial charge in [-0.15, -0.1) is 0 Å². The van der Waals surface area contributed by atoms with Crippen molar-refractivity contribution in [3.8, 4) is 0 Å². The zero-order chi connectivity index (χ0) is 10.2. The number of hydrogen-bond acceptors (Lipinski definition) is 5. The summed E-state index contributed by atoms with van der Waals surface area (Å²) in [6.45, 7) is 2.27. The molecule has 14 heavy (non-hydrogen) atoms. The zero-order valence-electron chi connectivity index (χ0n) is 7.86. The number of hydrogen-bond donors (Lipinski definition) is 1. The van der Waals surface area contributed by atoms with Crippen molar-refractivity contribution < 1.29 is 12.8 Å². The van der Waals surface area contributed by atoms with Gasteiger partial charge >= 0.3 is 0 Å². The first-order valence-electron chi connectivity index (χ1n) is 4.42. The van der Waals surface area contributed by atoms with Gasteiger partial charge in [-0.05, 0) is 6.92 Å². The predicted octanol–water partition coefficient (Wildman–Crippen LogP) is 0.0421. The second kappa shape index (κ2) is 3.36. The molecule has 6 heteroatoms. The second-order valence-corrected chi connectivity index (χ2v) is 5.64. The first kappa shape index (κ1) is 9.67. The minimum atomic E-state index is -2.92. The quantitative estimate of drug-likeness (QED) is 0.717. The summed E-state index contributed by atoms with van der Waals surface area (Å²) < 4.78 is 27.8. The van der Waals surface area contributed by atoms with E-state index in [0.717, 1.165) is 0 Å². The Bertz CT molecular complexity index is 424. The Kier molecular flexibility index (Phi) is 2.32. The van der Waals surface area contributed by atoms with Crippen LogP contribution in [0.2, 0.25) is 0 Å². The largest absolute Gasteiger partial charge is 0.448 e. The number of sulfone groups is 1. The highest BCUT2D eigenvalue weighted by molar-refractivity contribution is 7.91. The number of nitrogens with zero attached hydrogens (tertiary/aromatic N) is 1. The van der Waals surface area contributed by atoms with Crippen LogP contribution < -0.4 is 5.32 Å². The van der Waals surface area contributed by atoms with E-state index in [9.17, 15) is 8.42 Å². The average molecular weight is 216 g/mol. The fourth-order valence-electron chi connectivity index (χ4n) is 1.61. The van der Waals surface area contributed by atoms with Gasteiger partial charge in [0.15, 0.2) is 16.2 Å². The first-order valence-corrected chi connectivity index (χ1v) is 6.24. The van der Waals surface area contributed by atoms with E-state index in [4.69, 9.17) is 4.42 Å². The van der Waals surface area contributed by atoms with Crippen LogP contribution in [-0.4, -0.2) is 31.5 Å². The van der Waals surface area contributed by atoms with Gasteiger partial charge in [-0.1, -0.05) is 0 Å². The molecule has 1 aromatic rings. The van der Waals surface area contributed by atoms with E-state index in [1.165, 1.54) is 6.39 Å². The van der Waals surface area contributed by atoms with Gasteiger partial charge < -0.3 is 9.73 Å². The lowest BCUT2D eigenvalue weighted by Crippen LogP contribution is -2.39. The summed E-state index contributed by atoms with van der Waals surface area (Å²) in [7, 11) is -2.92. The number of nitrogens with one attached hydrogen (secondary N) is 1. The maximum absolute atomic E-state index is 11.4. The van der Waals surface area contributed by atoms with Crippen molar-refractivity contribution >= 4 is 9.84 Å². The van der Waals surface area contributed by atoms with Crippen molar-refractivity contribution in [3.05, 3.63) is 17.8 Å². The highest BCUT2D eigenvalue weighted by Gasteiger charge is 2.28. The molecule has 1 atom stereocenters. The van der Waals surface area contributed by atoms with E-state index in [2.05, 4.69) is 10.3 Å². The van der Waals surface area contributed by atoms with Gasteiger partial charge in [-0.2, -0.15) is 0 Å². The molecule has 0 spiro atoms. The fraction of sp³-hybridized carbons (Fsp3) is 0.625. The first-order chi connectivity index (χ1) is 6.58. The predicted molar refractivity (Wildman–Crippen MR) is 50.6 cm³/mol. The van der Waals surface area contributed by atoms with Crippen molar-refractivity contribution in [3.63, 3.8) is 0 Å². The van der Waals surface area contributed by atoms with E-state index < -0.39 is 9.84 Å². The minimum Gasteiger partial charge on any atom is -0.448 e. The number of aromatic nitrogens is 1. The summed E-state index contributed by atoms with van der Waals surface area (Å²) in [5, 5.41) is 3.12. The molecule has 1 aromatic heterocycles. The molecule has 0 bridgehead atoms. The van der Waals surface area contributed by atoms with Crippen molar-refractivity contribution in [2.75, 3.05) is 18.1 Å². The molecule has 2 rings (SSSR count). The van der Waals surface area contributed by atoms with E-state index in [1.54, 1.807) is 6.92 Å². The fourth-order valence-corrected chi connectivity index (χ4v) is 2.99. The molecule has 0 aliphatic carbocycles. The topological polar surface area (TPSA) is 72.2 Å². The van der Waals surface area contributed by atoms with Crippen molar-refractivity contribution in [2.45, 2.75) is 13.0 Å². The normalized spacial score (nSPS) is 26.2. The lowest BCUT2D eigenvalue weighted by Gasteiger charge is -2.22. The number of rotatable bonds is 1. The molecule has 1 N–H and O–H groups in total.